The lowest BCUT2D eigenvalue weighted by atomic mass is 10.0. The molecule has 1 fully saturated rings. The van der Waals surface area contributed by atoms with Crippen LogP contribution in [0, 0.1) is 5.82 Å². The van der Waals surface area contributed by atoms with E-state index in [1.165, 1.54) is 6.07 Å². The summed E-state index contributed by atoms with van der Waals surface area (Å²) < 4.78 is 21.7. The molecule has 0 spiro atoms. The van der Waals surface area contributed by atoms with Gasteiger partial charge in [0.2, 0.25) is 0 Å². The summed E-state index contributed by atoms with van der Waals surface area (Å²) in [6, 6.07) is 4.85. The summed E-state index contributed by atoms with van der Waals surface area (Å²) in [5.74, 6) is -0.418. The summed E-state index contributed by atoms with van der Waals surface area (Å²) in [6.07, 6.45) is 7.77. The van der Waals surface area contributed by atoms with Crippen molar-refractivity contribution < 1.29 is 14.2 Å². The van der Waals surface area contributed by atoms with Gasteiger partial charge < -0.3 is 9.84 Å². The first kappa shape index (κ1) is 15.9. The maximum absolute atomic E-state index is 14.2. The molecule has 122 valence electrons. The third-order valence-corrected chi connectivity index (χ3v) is 4.13. The van der Waals surface area contributed by atoms with Crippen molar-refractivity contribution in [1.29, 1.82) is 0 Å². The van der Waals surface area contributed by atoms with Crippen molar-refractivity contribution in [3.63, 3.8) is 0 Å². The van der Waals surface area contributed by atoms with Gasteiger partial charge in [-0.15, -0.1) is 6.58 Å². The minimum Gasteiger partial charge on any atom is -0.388 e. The van der Waals surface area contributed by atoms with Gasteiger partial charge >= 0.3 is 0 Å². The van der Waals surface area contributed by atoms with Crippen LogP contribution in [0.3, 0.4) is 0 Å². The van der Waals surface area contributed by atoms with Crippen LogP contribution in [-0.4, -0.2) is 21.5 Å². The van der Waals surface area contributed by atoms with Crippen molar-refractivity contribution in [3.05, 3.63) is 54.6 Å². The van der Waals surface area contributed by atoms with Crippen LogP contribution in [-0.2, 0) is 4.74 Å². The van der Waals surface area contributed by atoms with Crippen molar-refractivity contribution in [2.75, 3.05) is 6.61 Å². The number of ether oxygens (including phenoxy) is 1. The lowest BCUT2D eigenvalue weighted by molar-refractivity contribution is -0.0394. The van der Waals surface area contributed by atoms with Gasteiger partial charge in [0.1, 0.15) is 12.0 Å². The Morgan fingerprint density at radius 2 is 2.30 bits per heavy atom. The van der Waals surface area contributed by atoms with Gasteiger partial charge in [0.25, 0.3) is 0 Å². The molecule has 2 atom stereocenters. The molecule has 2 aromatic rings. The molecule has 2 unspecified atom stereocenters. The number of nitrogens with zero attached hydrogens (tertiary/aromatic N) is 2. The van der Waals surface area contributed by atoms with Crippen molar-refractivity contribution in [1.82, 2.24) is 9.78 Å². The van der Waals surface area contributed by atoms with E-state index in [-0.39, 0.29) is 11.8 Å². The predicted octanol–water partition coefficient (Wildman–Crippen LogP) is 4.00. The second kappa shape index (κ2) is 7.06. The zero-order chi connectivity index (χ0) is 16.2. The first-order chi connectivity index (χ1) is 11.2. The highest BCUT2D eigenvalue weighted by atomic mass is 19.1. The zero-order valence-electron chi connectivity index (χ0n) is 13.0. The number of aliphatic hydroxyl groups is 1. The Hall–Kier alpha value is -1.98. The fourth-order valence-electron chi connectivity index (χ4n) is 2.84. The maximum Gasteiger partial charge on any atom is 0.150 e. The summed E-state index contributed by atoms with van der Waals surface area (Å²) >= 11 is 0. The number of hydrogen-bond donors (Lipinski definition) is 1. The fourth-order valence-corrected chi connectivity index (χ4v) is 2.84. The van der Waals surface area contributed by atoms with Gasteiger partial charge in [0, 0.05) is 23.9 Å². The molecule has 2 heterocycles. The third-order valence-electron chi connectivity index (χ3n) is 4.13. The van der Waals surface area contributed by atoms with Crippen molar-refractivity contribution in [2.24, 2.45) is 0 Å². The highest BCUT2D eigenvalue weighted by Crippen LogP contribution is 2.28. The van der Waals surface area contributed by atoms with E-state index in [9.17, 15) is 9.50 Å². The zero-order valence-corrected chi connectivity index (χ0v) is 13.0. The van der Waals surface area contributed by atoms with Crippen LogP contribution >= 0.6 is 0 Å². The highest BCUT2D eigenvalue weighted by Gasteiger charge is 2.17. The summed E-state index contributed by atoms with van der Waals surface area (Å²) in [6.45, 7) is 4.32. The van der Waals surface area contributed by atoms with Crippen molar-refractivity contribution in [2.45, 2.75) is 38.0 Å². The van der Waals surface area contributed by atoms with Gasteiger partial charge in [-0.25, -0.2) is 9.07 Å². The second-order valence-electron chi connectivity index (χ2n) is 5.81. The van der Waals surface area contributed by atoms with E-state index in [2.05, 4.69) is 11.7 Å². The quantitative estimate of drug-likeness (QED) is 0.848. The van der Waals surface area contributed by atoms with E-state index in [1.807, 2.05) is 6.20 Å². The Morgan fingerprint density at radius 3 is 3.00 bits per heavy atom. The normalized spacial score (nSPS) is 19.5. The molecule has 1 aromatic heterocycles. The Balaban J connectivity index is 1.80. The van der Waals surface area contributed by atoms with E-state index in [4.69, 9.17) is 4.74 Å². The molecule has 0 radical (unpaired) electrons. The monoisotopic (exact) mass is 316 g/mol. The summed E-state index contributed by atoms with van der Waals surface area (Å²) in [5, 5.41) is 14.2. The molecule has 3 rings (SSSR count). The van der Waals surface area contributed by atoms with Gasteiger partial charge in [-0.1, -0.05) is 18.2 Å². The minimum absolute atomic E-state index is 0.0315. The van der Waals surface area contributed by atoms with Gasteiger partial charge in [0.15, 0.2) is 0 Å². The molecule has 1 saturated heterocycles. The van der Waals surface area contributed by atoms with E-state index in [0.717, 1.165) is 37.0 Å². The molecule has 0 aliphatic carbocycles. The minimum atomic E-state index is -0.861. The standard InChI is InChI=1S/C18H21FN2O2/c1-2-5-17(22)15-8-7-13(10-16(15)19)14-11-20-21(12-14)18-6-3-4-9-23-18/h2,7-8,10-12,17-18,22H,1,3-6,9H2. The molecule has 0 amide bonds. The number of aromatic nitrogens is 2. The predicted molar refractivity (Wildman–Crippen MR) is 86.2 cm³/mol. The number of aliphatic hydroxyl groups excluding tert-OH is 1. The highest BCUT2D eigenvalue weighted by molar-refractivity contribution is 5.62. The average molecular weight is 316 g/mol. The molecular formula is C18H21FN2O2. The second-order valence-corrected chi connectivity index (χ2v) is 5.81. The third kappa shape index (κ3) is 3.51. The van der Waals surface area contributed by atoms with Gasteiger partial charge in [0.05, 0.1) is 12.3 Å². The SMILES string of the molecule is C=CCC(O)c1ccc(-c2cnn(C3CCCCO3)c2)cc1F. The van der Waals surface area contributed by atoms with E-state index in [1.54, 1.807) is 29.1 Å². The van der Waals surface area contributed by atoms with Gasteiger partial charge in [-0.2, -0.15) is 5.10 Å². The number of hydrogen-bond acceptors (Lipinski definition) is 3. The molecule has 1 aliphatic rings. The molecule has 5 heteroatoms. The summed E-state index contributed by atoms with van der Waals surface area (Å²) in [7, 11) is 0. The Labute approximate surface area is 135 Å². The number of halogens is 1. The largest absolute Gasteiger partial charge is 0.388 e. The summed E-state index contributed by atoms with van der Waals surface area (Å²) in [4.78, 5) is 0. The van der Waals surface area contributed by atoms with Crippen LogP contribution in [0.25, 0.3) is 11.1 Å². The Bertz CT molecular complexity index is 677. The van der Waals surface area contributed by atoms with Crippen LogP contribution in [0.2, 0.25) is 0 Å². The van der Waals surface area contributed by atoms with Crippen LogP contribution in [0.5, 0.6) is 0 Å². The molecule has 0 bridgehead atoms. The first-order valence-electron chi connectivity index (χ1n) is 7.93. The average Bonchev–Trinajstić information content (AvgIpc) is 3.06. The molecule has 1 aromatic carbocycles. The maximum atomic E-state index is 14.2. The van der Waals surface area contributed by atoms with Gasteiger partial charge in [-0.3, -0.25) is 0 Å². The smallest absolute Gasteiger partial charge is 0.150 e. The molecule has 1 aliphatic heterocycles. The lowest BCUT2D eigenvalue weighted by Gasteiger charge is -2.22. The Kier molecular flexibility index (Phi) is 4.88. The van der Waals surface area contributed by atoms with Crippen LogP contribution in [0.4, 0.5) is 4.39 Å². The molecule has 4 nitrogen and oxygen atoms in total. The van der Waals surface area contributed by atoms with E-state index >= 15 is 0 Å². The summed E-state index contributed by atoms with van der Waals surface area (Å²) in [5.41, 5.74) is 1.86. The number of rotatable bonds is 5. The van der Waals surface area contributed by atoms with Crippen LogP contribution < -0.4 is 0 Å². The molecule has 0 saturated carbocycles. The Morgan fingerprint density at radius 1 is 1.43 bits per heavy atom. The topological polar surface area (TPSA) is 47.3 Å². The van der Waals surface area contributed by atoms with Crippen molar-refractivity contribution in [3.8, 4) is 11.1 Å². The molecule has 1 N–H and O–H groups in total. The molecule has 23 heavy (non-hydrogen) atoms. The molecular weight excluding hydrogens is 295 g/mol. The van der Waals surface area contributed by atoms with Crippen LogP contribution in [0.1, 0.15) is 43.6 Å². The first-order valence-corrected chi connectivity index (χ1v) is 7.93. The number of benzene rings is 1. The van der Waals surface area contributed by atoms with E-state index < -0.39 is 11.9 Å². The fraction of sp³-hybridized carbons (Fsp3) is 0.389. The van der Waals surface area contributed by atoms with Gasteiger partial charge in [-0.05, 0) is 37.3 Å². The van der Waals surface area contributed by atoms with Crippen molar-refractivity contribution >= 4 is 0 Å². The van der Waals surface area contributed by atoms with Crippen LogP contribution in [0.15, 0.2) is 43.2 Å². The van der Waals surface area contributed by atoms with E-state index in [0.29, 0.717) is 6.42 Å². The lowest BCUT2D eigenvalue weighted by Crippen LogP contribution is -2.18.